The van der Waals surface area contributed by atoms with Crippen LogP contribution in [0.2, 0.25) is 0 Å². The molecule has 0 spiro atoms. The molecule has 0 heterocycles. The van der Waals surface area contributed by atoms with E-state index >= 15 is 0 Å². The summed E-state index contributed by atoms with van der Waals surface area (Å²) in [5.74, 6) is 0.555. The molecule has 0 radical (unpaired) electrons. The zero-order valence-electron chi connectivity index (χ0n) is 16.8. The summed E-state index contributed by atoms with van der Waals surface area (Å²) in [5.41, 5.74) is 1.35. The highest BCUT2D eigenvalue weighted by molar-refractivity contribution is 5.24. The second-order valence-electron chi connectivity index (χ2n) is 7.13. The van der Waals surface area contributed by atoms with Gasteiger partial charge in [-0.2, -0.15) is 0 Å². The molecule has 1 aliphatic rings. The van der Waals surface area contributed by atoms with Gasteiger partial charge in [-0.05, 0) is 31.3 Å². The Hall–Kier alpha value is -1.28. The van der Waals surface area contributed by atoms with Gasteiger partial charge in [0.15, 0.2) is 0 Å². The van der Waals surface area contributed by atoms with Crippen LogP contribution in [0.1, 0.15) is 65.2 Å². The van der Waals surface area contributed by atoms with Crippen LogP contribution >= 0.6 is 0 Å². The number of nitrogens with zero attached hydrogens (tertiary/aromatic N) is 1. The summed E-state index contributed by atoms with van der Waals surface area (Å²) in [6.45, 7) is 10.5. The van der Waals surface area contributed by atoms with Crippen molar-refractivity contribution in [2.45, 2.75) is 71.3 Å². The van der Waals surface area contributed by atoms with E-state index in [0.29, 0.717) is 5.92 Å². The first kappa shape index (κ1) is 21.8. The molecule has 142 valence electrons. The Balaban J connectivity index is 2.48. The average molecular weight is 346 g/mol. The first-order chi connectivity index (χ1) is 12.2. The number of methoxy groups -OCH3 is 1. The molecule has 2 atom stereocenters. The van der Waals surface area contributed by atoms with Crippen molar-refractivity contribution in [2.24, 2.45) is 5.92 Å². The minimum absolute atomic E-state index is 0.239. The van der Waals surface area contributed by atoms with Crippen LogP contribution in [0, 0.1) is 5.92 Å². The highest BCUT2D eigenvalue weighted by atomic mass is 16.5. The molecule has 0 aromatic carbocycles. The molecule has 1 rings (SSSR count). The molecule has 0 N–H and O–H groups in total. The molecule has 0 aliphatic heterocycles. The molecule has 0 aromatic rings. The summed E-state index contributed by atoms with van der Waals surface area (Å²) in [6, 6.07) is 0. The van der Waals surface area contributed by atoms with Crippen LogP contribution in [-0.4, -0.2) is 31.2 Å². The SMILES string of the molecule is C=CC(C)C/C=C/CN(CCCCCCCC)C1=CCC(OC)C=C1. The highest BCUT2D eigenvalue weighted by Crippen LogP contribution is 2.18. The van der Waals surface area contributed by atoms with Crippen LogP contribution in [0.15, 0.2) is 48.7 Å². The van der Waals surface area contributed by atoms with Crippen molar-refractivity contribution >= 4 is 0 Å². The van der Waals surface area contributed by atoms with Gasteiger partial charge in [0.05, 0.1) is 6.10 Å². The number of rotatable bonds is 14. The van der Waals surface area contributed by atoms with E-state index in [-0.39, 0.29) is 6.10 Å². The predicted molar refractivity (Wildman–Crippen MR) is 111 cm³/mol. The first-order valence-electron chi connectivity index (χ1n) is 10.1. The summed E-state index contributed by atoms with van der Waals surface area (Å²) < 4.78 is 5.42. The van der Waals surface area contributed by atoms with Crippen LogP contribution < -0.4 is 0 Å². The van der Waals surface area contributed by atoms with Crippen molar-refractivity contribution in [3.05, 3.63) is 48.7 Å². The molecule has 2 nitrogen and oxygen atoms in total. The predicted octanol–water partition coefficient (Wildman–Crippen LogP) is 6.28. The van der Waals surface area contributed by atoms with Crippen LogP contribution in [0.5, 0.6) is 0 Å². The van der Waals surface area contributed by atoms with Crippen LogP contribution in [0.3, 0.4) is 0 Å². The number of allylic oxidation sites excluding steroid dienone is 3. The lowest BCUT2D eigenvalue weighted by Crippen LogP contribution is -2.25. The van der Waals surface area contributed by atoms with Crippen molar-refractivity contribution in [3.8, 4) is 0 Å². The fraction of sp³-hybridized carbons (Fsp3) is 0.652. The molecule has 0 amide bonds. The summed E-state index contributed by atoms with van der Waals surface area (Å²) >= 11 is 0. The molecule has 0 saturated carbocycles. The van der Waals surface area contributed by atoms with Gasteiger partial charge in [0.25, 0.3) is 0 Å². The van der Waals surface area contributed by atoms with Gasteiger partial charge in [0.2, 0.25) is 0 Å². The van der Waals surface area contributed by atoms with Gasteiger partial charge in [-0.1, -0.05) is 76.3 Å². The number of hydrogen-bond donors (Lipinski definition) is 0. The Morgan fingerprint density at radius 1 is 1.24 bits per heavy atom. The average Bonchev–Trinajstić information content (AvgIpc) is 2.66. The largest absolute Gasteiger partial charge is 0.377 e. The molecular formula is C23H39NO. The van der Waals surface area contributed by atoms with E-state index in [4.69, 9.17) is 4.74 Å². The van der Waals surface area contributed by atoms with Gasteiger partial charge in [-0.3, -0.25) is 0 Å². The summed E-state index contributed by atoms with van der Waals surface area (Å²) in [6.07, 6.45) is 23.7. The Labute approximate surface area is 156 Å². The third-order valence-electron chi connectivity index (χ3n) is 4.89. The smallest absolute Gasteiger partial charge is 0.0791 e. The van der Waals surface area contributed by atoms with Gasteiger partial charge in [-0.25, -0.2) is 0 Å². The van der Waals surface area contributed by atoms with E-state index in [1.54, 1.807) is 7.11 Å². The topological polar surface area (TPSA) is 12.5 Å². The highest BCUT2D eigenvalue weighted by Gasteiger charge is 2.12. The van der Waals surface area contributed by atoms with Crippen molar-refractivity contribution in [2.75, 3.05) is 20.2 Å². The van der Waals surface area contributed by atoms with E-state index in [1.807, 2.05) is 6.08 Å². The molecule has 25 heavy (non-hydrogen) atoms. The number of hydrogen-bond acceptors (Lipinski definition) is 2. The Morgan fingerprint density at radius 2 is 2.00 bits per heavy atom. The standard InChI is InChI=1S/C23H39NO/c1-5-7-8-9-10-12-19-24(20-13-11-14-21(3)6-2)22-15-17-23(25-4)18-16-22/h6,11,13,15-17,21,23H,2,5,7-10,12,14,18-20H2,1,3-4H3/b13-11+. The molecule has 2 unspecified atom stereocenters. The lowest BCUT2D eigenvalue weighted by Gasteiger charge is -2.27. The van der Waals surface area contributed by atoms with E-state index < -0.39 is 0 Å². The van der Waals surface area contributed by atoms with Gasteiger partial charge in [0, 0.05) is 25.9 Å². The second kappa shape index (κ2) is 13.9. The van der Waals surface area contributed by atoms with Crippen molar-refractivity contribution in [3.63, 3.8) is 0 Å². The molecule has 2 heteroatoms. The van der Waals surface area contributed by atoms with Gasteiger partial charge in [-0.15, -0.1) is 6.58 Å². The maximum absolute atomic E-state index is 5.42. The number of ether oxygens (including phenoxy) is 1. The lowest BCUT2D eigenvalue weighted by atomic mass is 10.1. The molecule has 1 aliphatic carbocycles. The Kier molecular flexibility index (Phi) is 12.1. The quantitative estimate of drug-likeness (QED) is 0.271. The third kappa shape index (κ3) is 9.69. The van der Waals surface area contributed by atoms with Gasteiger partial charge in [0.1, 0.15) is 0 Å². The van der Waals surface area contributed by atoms with Gasteiger partial charge < -0.3 is 9.64 Å². The van der Waals surface area contributed by atoms with E-state index in [0.717, 1.165) is 25.9 Å². The Bertz CT molecular complexity index is 435. The van der Waals surface area contributed by atoms with Crippen LogP contribution in [0.4, 0.5) is 0 Å². The first-order valence-corrected chi connectivity index (χ1v) is 10.1. The van der Waals surface area contributed by atoms with Crippen molar-refractivity contribution < 1.29 is 4.74 Å². The third-order valence-corrected chi connectivity index (χ3v) is 4.89. The zero-order chi connectivity index (χ0) is 18.3. The second-order valence-corrected chi connectivity index (χ2v) is 7.13. The number of unbranched alkanes of at least 4 members (excludes halogenated alkanes) is 5. The minimum Gasteiger partial charge on any atom is -0.377 e. The maximum atomic E-state index is 5.42. The fourth-order valence-corrected chi connectivity index (χ4v) is 3.02. The molecule has 0 fully saturated rings. The van der Waals surface area contributed by atoms with Crippen molar-refractivity contribution in [1.29, 1.82) is 0 Å². The fourth-order valence-electron chi connectivity index (χ4n) is 3.02. The lowest BCUT2D eigenvalue weighted by molar-refractivity contribution is 0.141. The summed E-state index contributed by atoms with van der Waals surface area (Å²) in [4.78, 5) is 2.51. The van der Waals surface area contributed by atoms with Crippen LogP contribution in [-0.2, 0) is 4.74 Å². The zero-order valence-corrected chi connectivity index (χ0v) is 16.8. The molecule has 0 bridgehead atoms. The van der Waals surface area contributed by atoms with Crippen LogP contribution in [0.25, 0.3) is 0 Å². The molecule has 0 aromatic heterocycles. The Morgan fingerprint density at radius 3 is 2.64 bits per heavy atom. The summed E-state index contributed by atoms with van der Waals surface area (Å²) in [7, 11) is 1.78. The molecular weight excluding hydrogens is 306 g/mol. The normalized spacial score (nSPS) is 18.4. The minimum atomic E-state index is 0.239. The monoisotopic (exact) mass is 345 g/mol. The van der Waals surface area contributed by atoms with E-state index in [9.17, 15) is 0 Å². The molecule has 0 saturated heterocycles. The summed E-state index contributed by atoms with van der Waals surface area (Å²) in [5, 5.41) is 0. The maximum Gasteiger partial charge on any atom is 0.0791 e. The van der Waals surface area contributed by atoms with Crippen molar-refractivity contribution in [1.82, 2.24) is 4.90 Å². The van der Waals surface area contributed by atoms with Gasteiger partial charge >= 0.3 is 0 Å². The van der Waals surface area contributed by atoms with E-state index in [2.05, 4.69) is 55.7 Å². The van der Waals surface area contributed by atoms with E-state index in [1.165, 1.54) is 44.2 Å².